The van der Waals surface area contributed by atoms with E-state index in [1.165, 1.54) is 0 Å². The van der Waals surface area contributed by atoms with E-state index in [1.54, 1.807) is 6.33 Å². The highest BCUT2D eigenvalue weighted by Gasteiger charge is 2.13. The van der Waals surface area contributed by atoms with Crippen LogP contribution in [-0.4, -0.2) is 24.3 Å². The van der Waals surface area contributed by atoms with Crippen LogP contribution in [0.3, 0.4) is 0 Å². The standard InChI is InChI=1S/C8H11N5S/c1-6(7-11-10-5-12(7)2)13-4-3-9-8(13)14/h3-6H,1-2H3,(H,9,14). The summed E-state index contributed by atoms with van der Waals surface area (Å²) in [7, 11) is 1.92. The van der Waals surface area contributed by atoms with Crippen LogP contribution in [-0.2, 0) is 7.05 Å². The molecule has 0 bridgehead atoms. The normalized spacial score (nSPS) is 13.0. The fraction of sp³-hybridized carbons (Fsp3) is 0.375. The summed E-state index contributed by atoms with van der Waals surface area (Å²) < 4.78 is 4.53. The zero-order chi connectivity index (χ0) is 10.1. The van der Waals surface area contributed by atoms with Crippen LogP contribution in [0.5, 0.6) is 0 Å². The van der Waals surface area contributed by atoms with Gasteiger partial charge >= 0.3 is 0 Å². The average molecular weight is 209 g/mol. The summed E-state index contributed by atoms with van der Waals surface area (Å²) >= 11 is 5.13. The summed E-state index contributed by atoms with van der Waals surface area (Å²) in [4.78, 5) is 2.95. The molecule has 0 saturated carbocycles. The van der Waals surface area contributed by atoms with Gasteiger partial charge < -0.3 is 14.1 Å². The van der Waals surface area contributed by atoms with Gasteiger partial charge in [-0.05, 0) is 19.1 Å². The van der Waals surface area contributed by atoms with E-state index in [-0.39, 0.29) is 6.04 Å². The number of hydrogen-bond acceptors (Lipinski definition) is 3. The van der Waals surface area contributed by atoms with Gasteiger partial charge in [-0.15, -0.1) is 10.2 Å². The lowest BCUT2D eigenvalue weighted by molar-refractivity contribution is 0.567. The van der Waals surface area contributed by atoms with Gasteiger partial charge in [-0.3, -0.25) is 0 Å². The second-order valence-electron chi connectivity index (χ2n) is 3.15. The molecule has 0 aliphatic rings. The highest BCUT2D eigenvalue weighted by atomic mass is 32.1. The van der Waals surface area contributed by atoms with Crippen molar-refractivity contribution in [3.05, 3.63) is 29.3 Å². The van der Waals surface area contributed by atoms with Crippen LogP contribution < -0.4 is 0 Å². The van der Waals surface area contributed by atoms with E-state index in [9.17, 15) is 0 Å². The van der Waals surface area contributed by atoms with E-state index < -0.39 is 0 Å². The highest BCUT2D eigenvalue weighted by molar-refractivity contribution is 7.71. The fourth-order valence-corrected chi connectivity index (χ4v) is 1.72. The molecular weight excluding hydrogens is 198 g/mol. The molecule has 2 aromatic rings. The number of nitrogens with zero attached hydrogens (tertiary/aromatic N) is 4. The molecule has 0 amide bonds. The topological polar surface area (TPSA) is 51.4 Å². The predicted molar refractivity (Wildman–Crippen MR) is 54.4 cm³/mol. The Balaban J connectivity index is 2.43. The minimum absolute atomic E-state index is 0.0984. The molecule has 74 valence electrons. The van der Waals surface area contributed by atoms with Gasteiger partial charge in [-0.25, -0.2) is 0 Å². The largest absolute Gasteiger partial charge is 0.337 e. The van der Waals surface area contributed by atoms with Crippen molar-refractivity contribution >= 4 is 12.2 Å². The number of H-pyrrole nitrogens is 1. The van der Waals surface area contributed by atoms with Crippen LogP contribution in [0.2, 0.25) is 0 Å². The van der Waals surface area contributed by atoms with Gasteiger partial charge in [0.15, 0.2) is 10.6 Å². The third-order valence-corrected chi connectivity index (χ3v) is 2.54. The second-order valence-corrected chi connectivity index (χ2v) is 3.54. The molecule has 0 aliphatic carbocycles. The Morgan fingerprint density at radius 2 is 2.36 bits per heavy atom. The Morgan fingerprint density at radius 3 is 2.86 bits per heavy atom. The van der Waals surface area contributed by atoms with E-state index >= 15 is 0 Å². The molecule has 1 N–H and O–H groups in total. The summed E-state index contributed by atoms with van der Waals surface area (Å²) in [6.45, 7) is 2.04. The van der Waals surface area contributed by atoms with Gasteiger partial charge in [-0.1, -0.05) is 0 Å². The number of rotatable bonds is 2. The zero-order valence-corrected chi connectivity index (χ0v) is 8.82. The average Bonchev–Trinajstić information content (AvgIpc) is 2.73. The van der Waals surface area contributed by atoms with Gasteiger partial charge in [0.25, 0.3) is 0 Å². The molecule has 0 aromatic carbocycles. The van der Waals surface area contributed by atoms with Crippen LogP contribution in [0.4, 0.5) is 0 Å². The number of hydrogen-bond donors (Lipinski definition) is 1. The molecule has 1 unspecified atom stereocenters. The first kappa shape index (κ1) is 9.14. The molecule has 6 heteroatoms. The van der Waals surface area contributed by atoms with Crippen molar-refractivity contribution < 1.29 is 0 Å². The minimum Gasteiger partial charge on any atom is -0.337 e. The van der Waals surface area contributed by atoms with E-state index in [4.69, 9.17) is 12.2 Å². The molecular formula is C8H11N5S. The molecule has 2 aromatic heterocycles. The van der Waals surface area contributed by atoms with Crippen LogP contribution in [0, 0.1) is 4.77 Å². The smallest absolute Gasteiger partial charge is 0.177 e. The van der Waals surface area contributed by atoms with E-state index in [1.807, 2.05) is 35.5 Å². The summed E-state index contributed by atoms with van der Waals surface area (Å²) in [5.74, 6) is 0.890. The van der Waals surface area contributed by atoms with Crippen molar-refractivity contribution in [2.45, 2.75) is 13.0 Å². The number of aromatic amines is 1. The number of nitrogens with one attached hydrogen (secondary N) is 1. The maximum absolute atomic E-state index is 5.13. The van der Waals surface area contributed by atoms with Crippen LogP contribution in [0.15, 0.2) is 18.7 Å². The molecule has 2 heterocycles. The lowest BCUT2D eigenvalue weighted by Gasteiger charge is -2.11. The Labute approximate surface area is 86.4 Å². The van der Waals surface area contributed by atoms with Gasteiger partial charge in [-0.2, -0.15) is 0 Å². The Hall–Kier alpha value is -1.43. The molecule has 0 spiro atoms. The van der Waals surface area contributed by atoms with Crippen LogP contribution in [0.25, 0.3) is 0 Å². The van der Waals surface area contributed by atoms with E-state index in [0.29, 0.717) is 4.77 Å². The van der Waals surface area contributed by atoms with Crippen LogP contribution >= 0.6 is 12.2 Å². The van der Waals surface area contributed by atoms with E-state index in [2.05, 4.69) is 15.2 Å². The van der Waals surface area contributed by atoms with Gasteiger partial charge in [0.1, 0.15) is 6.33 Å². The van der Waals surface area contributed by atoms with Crippen molar-refractivity contribution in [3.8, 4) is 0 Å². The monoisotopic (exact) mass is 209 g/mol. The maximum atomic E-state index is 5.13. The molecule has 0 saturated heterocycles. The Kier molecular flexibility index (Phi) is 2.20. The van der Waals surface area contributed by atoms with Crippen molar-refractivity contribution in [2.75, 3.05) is 0 Å². The van der Waals surface area contributed by atoms with Crippen molar-refractivity contribution in [1.29, 1.82) is 0 Å². The SMILES string of the molecule is CC(c1nncn1C)n1cc[nH]c1=S. The van der Waals surface area contributed by atoms with Gasteiger partial charge in [0.2, 0.25) is 0 Å². The quantitative estimate of drug-likeness (QED) is 0.758. The summed E-state index contributed by atoms with van der Waals surface area (Å²) in [5, 5.41) is 7.88. The van der Waals surface area contributed by atoms with Crippen molar-refractivity contribution in [2.24, 2.45) is 7.05 Å². The van der Waals surface area contributed by atoms with Gasteiger partial charge in [0.05, 0.1) is 6.04 Å². The summed E-state index contributed by atoms with van der Waals surface area (Å²) in [5.41, 5.74) is 0. The number of imidazole rings is 1. The molecule has 14 heavy (non-hydrogen) atoms. The Morgan fingerprint density at radius 1 is 1.57 bits per heavy atom. The molecule has 1 atom stereocenters. The molecule has 0 fully saturated rings. The molecule has 0 radical (unpaired) electrons. The van der Waals surface area contributed by atoms with Crippen molar-refractivity contribution in [1.82, 2.24) is 24.3 Å². The third kappa shape index (κ3) is 1.37. The predicted octanol–water partition coefficient (Wildman–Crippen LogP) is 1.28. The second kappa shape index (κ2) is 3.38. The lowest BCUT2D eigenvalue weighted by Crippen LogP contribution is -2.11. The number of aryl methyl sites for hydroxylation is 1. The lowest BCUT2D eigenvalue weighted by atomic mass is 10.3. The molecule has 5 nitrogen and oxygen atoms in total. The van der Waals surface area contributed by atoms with Crippen molar-refractivity contribution in [3.63, 3.8) is 0 Å². The summed E-state index contributed by atoms with van der Waals surface area (Å²) in [6.07, 6.45) is 5.40. The number of aromatic nitrogens is 5. The van der Waals surface area contributed by atoms with E-state index in [0.717, 1.165) is 5.82 Å². The van der Waals surface area contributed by atoms with Crippen LogP contribution in [0.1, 0.15) is 18.8 Å². The first-order valence-electron chi connectivity index (χ1n) is 4.29. The first-order valence-corrected chi connectivity index (χ1v) is 4.70. The zero-order valence-electron chi connectivity index (χ0n) is 8.01. The highest BCUT2D eigenvalue weighted by Crippen LogP contribution is 2.14. The first-order chi connectivity index (χ1) is 6.70. The Bertz CT molecular complexity index is 480. The van der Waals surface area contributed by atoms with Gasteiger partial charge in [0, 0.05) is 19.4 Å². The summed E-state index contributed by atoms with van der Waals surface area (Å²) in [6, 6.07) is 0.0984. The molecule has 2 rings (SSSR count). The fourth-order valence-electron chi connectivity index (χ4n) is 1.43. The third-order valence-electron chi connectivity index (χ3n) is 2.21. The minimum atomic E-state index is 0.0984. The molecule has 0 aliphatic heterocycles. The maximum Gasteiger partial charge on any atom is 0.177 e.